The van der Waals surface area contributed by atoms with Crippen molar-refractivity contribution in [3.8, 4) is 5.75 Å². The molecule has 1 aromatic heterocycles. The Kier molecular flexibility index (Phi) is 8.21. The third-order valence-electron chi connectivity index (χ3n) is 3.95. The maximum Gasteiger partial charge on any atom is 0.245 e. The average Bonchev–Trinajstić information content (AvgIpc) is 2.64. The minimum Gasteiger partial charge on any atom is -0.493 e. The first-order valence-corrected chi connectivity index (χ1v) is 11.3. The first-order valence-electron chi connectivity index (χ1n) is 8.61. The molecule has 0 aliphatic rings. The van der Waals surface area contributed by atoms with Crippen LogP contribution in [0.1, 0.15) is 19.8 Å². The molecule has 0 bridgehead atoms. The van der Waals surface area contributed by atoms with E-state index in [2.05, 4.69) is 31.0 Å². The molecular weight excluding hydrogens is 492 g/mol. The predicted octanol–water partition coefficient (Wildman–Crippen LogP) is 4.70. The van der Waals surface area contributed by atoms with Gasteiger partial charge in [0.1, 0.15) is 9.50 Å². The molecule has 1 aromatic carbocycles. The van der Waals surface area contributed by atoms with E-state index in [0.717, 1.165) is 12.6 Å². The Morgan fingerprint density at radius 2 is 1.97 bits per heavy atom. The maximum absolute atomic E-state index is 13.4. The zero-order valence-corrected chi connectivity index (χ0v) is 18.9. The molecule has 0 saturated heterocycles. The average molecular weight is 513 g/mol. The molecule has 11 heteroatoms. The Balaban J connectivity index is 2.23. The first-order chi connectivity index (χ1) is 13.5. The van der Waals surface area contributed by atoms with Gasteiger partial charge in [0, 0.05) is 30.8 Å². The number of halogens is 4. The molecule has 29 heavy (non-hydrogen) atoms. The normalized spacial score (nSPS) is 13.2. The van der Waals surface area contributed by atoms with E-state index in [1.807, 2.05) is 18.2 Å². The summed E-state index contributed by atoms with van der Waals surface area (Å²) in [5.41, 5.74) is 0.746. The minimum atomic E-state index is -4.09. The van der Waals surface area contributed by atoms with Gasteiger partial charge in [-0.2, -0.15) is 0 Å². The second kappa shape index (κ2) is 10.0. The lowest BCUT2D eigenvalue weighted by Gasteiger charge is -2.22. The summed E-state index contributed by atoms with van der Waals surface area (Å²) in [7, 11) is -2.76. The Morgan fingerprint density at radius 1 is 1.31 bits per heavy atom. The van der Waals surface area contributed by atoms with Gasteiger partial charge in [0.2, 0.25) is 15.9 Å². The fraction of sp³-hybridized carbons (Fsp3) is 0.389. The van der Waals surface area contributed by atoms with Crippen molar-refractivity contribution < 1.29 is 21.9 Å². The van der Waals surface area contributed by atoms with E-state index in [1.165, 1.54) is 13.2 Å². The quantitative estimate of drug-likeness (QED) is 0.451. The van der Waals surface area contributed by atoms with Crippen LogP contribution in [0.4, 0.5) is 14.5 Å². The van der Waals surface area contributed by atoms with E-state index >= 15 is 0 Å². The number of methoxy groups -OCH3 is 1. The van der Waals surface area contributed by atoms with Crippen molar-refractivity contribution in [3.63, 3.8) is 0 Å². The third-order valence-corrected chi connectivity index (χ3v) is 6.63. The zero-order valence-electron chi connectivity index (χ0n) is 15.8. The van der Waals surface area contributed by atoms with Crippen molar-refractivity contribution in [3.05, 3.63) is 46.2 Å². The highest BCUT2D eigenvalue weighted by atomic mass is 79.9. The molecule has 0 fully saturated rings. The van der Waals surface area contributed by atoms with Crippen LogP contribution in [0, 0.1) is 0 Å². The topological polar surface area (TPSA) is 80.3 Å². The number of hydrogen-bond acceptors (Lipinski definition) is 5. The van der Waals surface area contributed by atoms with E-state index in [4.69, 9.17) is 16.3 Å². The minimum absolute atomic E-state index is 0.00797. The van der Waals surface area contributed by atoms with Crippen molar-refractivity contribution in [2.24, 2.45) is 0 Å². The highest BCUT2D eigenvalue weighted by Gasteiger charge is 2.28. The smallest absolute Gasteiger partial charge is 0.245 e. The number of alkyl halides is 2. The Hall–Kier alpha value is -1.49. The van der Waals surface area contributed by atoms with E-state index in [-0.39, 0.29) is 33.4 Å². The Bertz CT molecular complexity index is 928. The van der Waals surface area contributed by atoms with Gasteiger partial charge in [-0.25, -0.2) is 26.9 Å². The number of para-hydroxylation sites is 1. The number of ether oxygens (including phenoxy) is 1. The van der Waals surface area contributed by atoms with Crippen LogP contribution in [-0.2, 0) is 10.0 Å². The van der Waals surface area contributed by atoms with Gasteiger partial charge in [0.15, 0.2) is 10.9 Å². The number of aromatic nitrogens is 1. The van der Waals surface area contributed by atoms with Crippen molar-refractivity contribution in [2.45, 2.75) is 36.6 Å². The van der Waals surface area contributed by atoms with Crippen LogP contribution in [0.2, 0.25) is 5.15 Å². The van der Waals surface area contributed by atoms with Gasteiger partial charge in [-0.1, -0.05) is 29.8 Å². The van der Waals surface area contributed by atoms with Crippen molar-refractivity contribution >= 4 is 43.2 Å². The molecule has 160 valence electrons. The molecule has 0 amide bonds. The van der Waals surface area contributed by atoms with Gasteiger partial charge in [-0.15, -0.1) is 0 Å². The fourth-order valence-electron chi connectivity index (χ4n) is 2.48. The van der Waals surface area contributed by atoms with E-state index in [9.17, 15) is 17.2 Å². The number of rotatable bonds is 10. The van der Waals surface area contributed by atoms with Gasteiger partial charge in [0.25, 0.3) is 0 Å². The number of sulfonamides is 1. The molecule has 0 radical (unpaired) electrons. The van der Waals surface area contributed by atoms with Crippen LogP contribution in [0.25, 0.3) is 0 Å². The van der Waals surface area contributed by atoms with Crippen molar-refractivity contribution in [1.82, 2.24) is 9.71 Å². The number of nitrogens with zero attached hydrogens (tertiary/aromatic N) is 1. The van der Waals surface area contributed by atoms with E-state index in [1.54, 1.807) is 12.1 Å². The van der Waals surface area contributed by atoms with Gasteiger partial charge >= 0.3 is 0 Å². The van der Waals surface area contributed by atoms with Gasteiger partial charge < -0.3 is 10.1 Å². The third kappa shape index (κ3) is 7.36. The molecule has 1 heterocycles. The molecule has 0 spiro atoms. The lowest BCUT2D eigenvalue weighted by atomic mass is 10.1. The zero-order chi connectivity index (χ0) is 21.7. The number of benzene rings is 1. The molecule has 2 rings (SSSR count). The summed E-state index contributed by atoms with van der Waals surface area (Å²) in [4.78, 5) is 3.70. The highest BCUT2D eigenvalue weighted by molar-refractivity contribution is 9.10. The molecule has 0 aliphatic carbocycles. The predicted molar refractivity (Wildman–Crippen MR) is 112 cm³/mol. The van der Waals surface area contributed by atoms with Crippen LogP contribution in [0.15, 0.2) is 45.9 Å². The molecule has 0 unspecified atom stereocenters. The molecular formula is C18H21BrClF2N3O3S. The molecule has 6 nitrogen and oxygen atoms in total. The molecule has 1 atom stereocenters. The largest absolute Gasteiger partial charge is 0.493 e. The molecule has 0 saturated carbocycles. The van der Waals surface area contributed by atoms with Crippen LogP contribution < -0.4 is 14.8 Å². The fourth-order valence-corrected chi connectivity index (χ4v) is 5.02. The van der Waals surface area contributed by atoms with Crippen molar-refractivity contribution in [1.29, 1.82) is 0 Å². The SMILES string of the molecule is COc1cc(S(=O)(=O)N[C@H](CCC(C)(F)F)CNc2ccccc2)c(Br)nc1Cl. The number of pyridine rings is 1. The first kappa shape index (κ1) is 23.8. The number of nitrogens with one attached hydrogen (secondary N) is 2. The highest BCUT2D eigenvalue weighted by Crippen LogP contribution is 2.31. The summed E-state index contributed by atoms with van der Waals surface area (Å²) in [6.45, 7) is 0.919. The van der Waals surface area contributed by atoms with Gasteiger partial charge in [-0.3, -0.25) is 0 Å². The molecule has 2 N–H and O–H groups in total. The van der Waals surface area contributed by atoms with Crippen LogP contribution in [-0.4, -0.2) is 39.0 Å². The summed E-state index contributed by atoms with van der Waals surface area (Å²) >= 11 is 8.98. The van der Waals surface area contributed by atoms with Crippen LogP contribution in [0.3, 0.4) is 0 Å². The van der Waals surface area contributed by atoms with Gasteiger partial charge in [0.05, 0.1) is 7.11 Å². The summed E-state index contributed by atoms with van der Waals surface area (Å²) in [6.07, 6.45) is -0.543. The Labute approximate surface area is 182 Å². The second-order valence-corrected chi connectivity index (χ2v) is 9.24. The summed E-state index contributed by atoms with van der Waals surface area (Å²) in [5.74, 6) is -2.84. The van der Waals surface area contributed by atoms with Crippen LogP contribution in [0.5, 0.6) is 5.75 Å². The van der Waals surface area contributed by atoms with Crippen LogP contribution >= 0.6 is 27.5 Å². The molecule has 2 aromatic rings. The number of hydrogen-bond donors (Lipinski definition) is 2. The maximum atomic E-state index is 13.4. The Morgan fingerprint density at radius 3 is 2.55 bits per heavy atom. The standard InChI is InChI=1S/C18H21BrClF2N3O3S/c1-18(21,22)9-8-13(11-23-12-6-4-3-5-7-12)25-29(26,27)15-10-14(28-2)17(20)24-16(15)19/h3-7,10,13,23,25H,8-9,11H2,1-2H3/t13-/m1/s1. The summed E-state index contributed by atoms with van der Waals surface area (Å²) in [6, 6.07) is 9.48. The van der Waals surface area contributed by atoms with Gasteiger partial charge in [-0.05, 0) is 41.4 Å². The monoisotopic (exact) mass is 511 g/mol. The molecule has 0 aliphatic heterocycles. The van der Waals surface area contributed by atoms with E-state index < -0.39 is 28.4 Å². The number of anilines is 1. The van der Waals surface area contributed by atoms with Crippen molar-refractivity contribution in [2.75, 3.05) is 19.0 Å². The van der Waals surface area contributed by atoms with E-state index in [0.29, 0.717) is 0 Å². The lowest BCUT2D eigenvalue weighted by Crippen LogP contribution is -2.40. The summed E-state index contributed by atoms with van der Waals surface area (Å²) < 4.78 is 60.0. The summed E-state index contributed by atoms with van der Waals surface area (Å²) in [5, 5.41) is 3.05. The second-order valence-electron chi connectivity index (χ2n) is 6.44. The lowest BCUT2D eigenvalue weighted by molar-refractivity contribution is 0.00914.